The molecule has 1 aliphatic heterocycles. The van der Waals surface area contributed by atoms with E-state index < -0.39 is 0 Å². The van der Waals surface area contributed by atoms with Crippen molar-refractivity contribution in [3.8, 4) is 0 Å². The van der Waals surface area contributed by atoms with Crippen LogP contribution in [0.4, 0.5) is 10.1 Å². The largest absolute Gasteiger partial charge is 0.334 e. The van der Waals surface area contributed by atoms with Gasteiger partial charge in [-0.25, -0.2) is 4.39 Å². The van der Waals surface area contributed by atoms with Gasteiger partial charge in [-0.2, -0.15) is 0 Å². The number of carbonyl (C=O) groups is 2. The standard InChI is InChI=1S/C23H21FN2O2S/c1-15-19(23(28)26-10-8-21-17(14-26)9-11-29-21)6-3-7-20(15)25-22(27)13-16-4-2-5-18(24)12-16/h2-7,9,11-12H,8,10,13-14H2,1H3,(H,25,27). The molecular weight excluding hydrogens is 387 g/mol. The van der Waals surface area contributed by atoms with E-state index in [0.717, 1.165) is 12.0 Å². The molecule has 2 amide bonds. The van der Waals surface area contributed by atoms with Crippen LogP contribution in [0.15, 0.2) is 53.9 Å². The monoisotopic (exact) mass is 408 g/mol. The summed E-state index contributed by atoms with van der Waals surface area (Å²) in [6, 6.07) is 13.4. The third-order valence-corrected chi connectivity index (χ3v) is 6.21. The Morgan fingerprint density at radius 2 is 2.00 bits per heavy atom. The van der Waals surface area contributed by atoms with E-state index in [1.165, 1.54) is 22.6 Å². The molecule has 0 unspecified atom stereocenters. The highest BCUT2D eigenvalue weighted by atomic mass is 32.1. The smallest absolute Gasteiger partial charge is 0.254 e. The first-order valence-electron chi connectivity index (χ1n) is 9.49. The minimum Gasteiger partial charge on any atom is -0.334 e. The Kier molecular flexibility index (Phi) is 5.45. The molecular formula is C23H21FN2O2S. The predicted octanol–water partition coefficient (Wildman–Crippen LogP) is 4.58. The molecule has 6 heteroatoms. The zero-order valence-electron chi connectivity index (χ0n) is 16.1. The maximum Gasteiger partial charge on any atom is 0.254 e. The number of hydrogen-bond acceptors (Lipinski definition) is 3. The third kappa shape index (κ3) is 4.22. The summed E-state index contributed by atoms with van der Waals surface area (Å²) in [6.07, 6.45) is 0.949. The van der Waals surface area contributed by atoms with Crippen LogP contribution in [-0.4, -0.2) is 23.3 Å². The molecule has 2 aromatic carbocycles. The van der Waals surface area contributed by atoms with Crippen molar-refractivity contribution in [2.45, 2.75) is 26.3 Å². The molecule has 0 aliphatic carbocycles. The molecule has 0 saturated heterocycles. The Hall–Kier alpha value is -2.99. The van der Waals surface area contributed by atoms with Crippen molar-refractivity contribution < 1.29 is 14.0 Å². The molecule has 29 heavy (non-hydrogen) atoms. The Morgan fingerprint density at radius 3 is 2.83 bits per heavy atom. The average molecular weight is 408 g/mol. The number of nitrogens with one attached hydrogen (secondary N) is 1. The van der Waals surface area contributed by atoms with Crippen LogP contribution in [0.25, 0.3) is 0 Å². The first-order valence-corrected chi connectivity index (χ1v) is 10.4. The van der Waals surface area contributed by atoms with Gasteiger partial charge in [-0.3, -0.25) is 9.59 Å². The SMILES string of the molecule is Cc1c(NC(=O)Cc2cccc(F)c2)cccc1C(=O)N1CCc2sccc2C1. The van der Waals surface area contributed by atoms with E-state index >= 15 is 0 Å². The van der Waals surface area contributed by atoms with Crippen LogP contribution < -0.4 is 5.32 Å². The summed E-state index contributed by atoms with van der Waals surface area (Å²) in [4.78, 5) is 28.7. The molecule has 0 spiro atoms. The van der Waals surface area contributed by atoms with E-state index in [1.54, 1.807) is 41.7 Å². The quantitative estimate of drug-likeness (QED) is 0.687. The van der Waals surface area contributed by atoms with Crippen LogP contribution in [0.5, 0.6) is 0 Å². The predicted molar refractivity (Wildman–Crippen MR) is 113 cm³/mol. The number of anilines is 1. The normalized spacial score (nSPS) is 13.1. The second-order valence-electron chi connectivity index (χ2n) is 7.18. The van der Waals surface area contributed by atoms with Crippen LogP contribution in [-0.2, 0) is 24.2 Å². The number of carbonyl (C=O) groups excluding carboxylic acids is 2. The molecule has 0 atom stereocenters. The molecule has 0 fully saturated rings. The molecule has 2 heterocycles. The van der Waals surface area contributed by atoms with E-state index in [2.05, 4.69) is 16.8 Å². The van der Waals surface area contributed by atoms with Gasteiger partial charge in [-0.05, 0) is 65.7 Å². The lowest BCUT2D eigenvalue weighted by Gasteiger charge is -2.28. The van der Waals surface area contributed by atoms with Gasteiger partial charge in [-0.15, -0.1) is 11.3 Å². The Balaban J connectivity index is 1.48. The van der Waals surface area contributed by atoms with Crippen LogP contribution in [0.2, 0.25) is 0 Å². The van der Waals surface area contributed by atoms with Gasteiger partial charge in [0.25, 0.3) is 5.91 Å². The number of amides is 2. The minimum atomic E-state index is -0.366. The van der Waals surface area contributed by atoms with E-state index in [0.29, 0.717) is 29.9 Å². The van der Waals surface area contributed by atoms with Crippen LogP contribution in [0, 0.1) is 12.7 Å². The fraction of sp³-hybridized carbons (Fsp3) is 0.217. The maximum absolute atomic E-state index is 13.3. The van der Waals surface area contributed by atoms with E-state index in [-0.39, 0.29) is 24.1 Å². The number of benzene rings is 2. The summed E-state index contributed by atoms with van der Waals surface area (Å²) < 4.78 is 13.3. The molecule has 1 N–H and O–H groups in total. The van der Waals surface area contributed by atoms with Gasteiger partial charge in [0.1, 0.15) is 5.82 Å². The number of fused-ring (bicyclic) bond motifs is 1. The average Bonchev–Trinajstić information content (AvgIpc) is 3.17. The molecule has 1 aliphatic rings. The van der Waals surface area contributed by atoms with Crippen molar-refractivity contribution in [3.63, 3.8) is 0 Å². The first-order chi connectivity index (χ1) is 14.0. The summed E-state index contributed by atoms with van der Waals surface area (Å²) in [5.74, 6) is -0.640. The van der Waals surface area contributed by atoms with Gasteiger partial charge in [0.2, 0.25) is 5.91 Å². The highest BCUT2D eigenvalue weighted by molar-refractivity contribution is 7.10. The van der Waals surface area contributed by atoms with Gasteiger partial charge in [0.15, 0.2) is 0 Å². The lowest BCUT2D eigenvalue weighted by molar-refractivity contribution is -0.115. The molecule has 4 rings (SSSR count). The maximum atomic E-state index is 13.3. The first kappa shape index (κ1) is 19.3. The fourth-order valence-electron chi connectivity index (χ4n) is 3.62. The molecule has 0 saturated carbocycles. The number of hydrogen-bond donors (Lipinski definition) is 1. The fourth-order valence-corrected chi connectivity index (χ4v) is 4.51. The summed E-state index contributed by atoms with van der Waals surface area (Å²) in [5, 5.41) is 4.93. The van der Waals surface area contributed by atoms with E-state index in [1.807, 2.05) is 11.8 Å². The van der Waals surface area contributed by atoms with E-state index in [9.17, 15) is 14.0 Å². The van der Waals surface area contributed by atoms with Crippen molar-refractivity contribution in [1.82, 2.24) is 4.90 Å². The van der Waals surface area contributed by atoms with Crippen LogP contribution in [0.3, 0.4) is 0 Å². The highest BCUT2D eigenvalue weighted by Crippen LogP contribution is 2.27. The number of thiophene rings is 1. The molecule has 3 aromatic rings. The summed E-state index contributed by atoms with van der Waals surface area (Å²) >= 11 is 1.74. The van der Waals surface area contributed by atoms with Gasteiger partial charge >= 0.3 is 0 Å². The Labute approximate surface area is 173 Å². The van der Waals surface area contributed by atoms with Crippen molar-refractivity contribution >= 4 is 28.8 Å². The second kappa shape index (κ2) is 8.17. The van der Waals surface area contributed by atoms with Crippen LogP contribution in [0.1, 0.15) is 31.9 Å². The lowest BCUT2D eigenvalue weighted by atomic mass is 10.0. The number of halogens is 1. The third-order valence-electron chi connectivity index (χ3n) is 5.19. The lowest BCUT2D eigenvalue weighted by Crippen LogP contribution is -2.35. The van der Waals surface area contributed by atoms with Gasteiger partial charge < -0.3 is 10.2 Å². The molecule has 0 bridgehead atoms. The Bertz CT molecular complexity index is 1080. The topological polar surface area (TPSA) is 49.4 Å². The van der Waals surface area contributed by atoms with Crippen molar-refractivity contribution in [1.29, 1.82) is 0 Å². The number of rotatable bonds is 4. The Morgan fingerprint density at radius 1 is 1.17 bits per heavy atom. The highest BCUT2D eigenvalue weighted by Gasteiger charge is 2.24. The van der Waals surface area contributed by atoms with Crippen LogP contribution >= 0.6 is 11.3 Å². The molecule has 4 nitrogen and oxygen atoms in total. The van der Waals surface area contributed by atoms with Gasteiger partial charge in [-0.1, -0.05) is 18.2 Å². The summed E-state index contributed by atoms with van der Waals surface area (Å²) in [7, 11) is 0. The summed E-state index contributed by atoms with van der Waals surface area (Å²) in [5.41, 5.74) is 3.75. The molecule has 0 radical (unpaired) electrons. The van der Waals surface area contributed by atoms with Crippen molar-refractivity contribution in [2.75, 3.05) is 11.9 Å². The van der Waals surface area contributed by atoms with Gasteiger partial charge in [0, 0.05) is 29.2 Å². The summed E-state index contributed by atoms with van der Waals surface area (Å²) in [6.45, 7) is 3.15. The molecule has 148 valence electrons. The molecule has 1 aromatic heterocycles. The zero-order valence-corrected chi connectivity index (χ0v) is 16.9. The van der Waals surface area contributed by atoms with E-state index in [4.69, 9.17) is 0 Å². The van der Waals surface area contributed by atoms with Crippen molar-refractivity contribution in [3.05, 3.63) is 86.9 Å². The number of nitrogens with zero attached hydrogens (tertiary/aromatic N) is 1. The minimum absolute atomic E-state index is 0.0272. The van der Waals surface area contributed by atoms with Crippen molar-refractivity contribution in [2.24, 2.45) is 0 Å². The van der Waals surface area contributed by atoms with Gasteiger partial charge in [0.05, 0.1) is 6.42 Å². The zero-order chi connectivity index (χ0) is 20.4. The second-order valence-corrected chi connectivity index (χ2v) is 8.18.